The molecule has 0 radical (unpaired) electrons. The van der Waals surface area contributed by atoms with Gasteiger partial charge in [0, 0.05) is 20.4 Å². The van der Waals surface area contributed by atoms with Crippen molar-refractivity contribution in [3.05, 3.63) is 11.9 Å². The number of carbonyl (C=O) groups excluding carboxylic acids is 2. The van der Waals surface area contributed by atoms with Crippen LogP contribution in [-0.4, -0.2) is 41.4 Å². The zero-order valence-corrected chi connectivity index (χ0v) is 13.1. The van der Waals surface area contributed by atoms with Crippen molar-refractivity contribution in [3.63, 3.8) is 0 Å². The lowest BCUT2D eigenvalue weighted by Gasteiger charge is -2.17. The Morgan fingerprint density at radius 3 is 2.67 bits per heavy atom. The normalized spacial score (nSPS) is 12.0. The molecule has 0 aromatic carbocycles. The van der Waals surface area contributed by atoms with E-state index in [0.717, 1.165) is 19.3 Å². The zero-order chi connectivity index (χ0) is 15.8. The van der Waals surface area contributed by atoms with E-state index in [2.05, 4.69) is 22.7 Å². The molecule has 0 aliphatic rings. The van der Waals surface area contributed by atoms with Crippen LogP contribution in [0, 0.1) is 6.92 Å². The van der Waals surface area contributed by atoms with Crippen molar-refractivity contribution in [2.75, 3.05) is 19.0 Å². The van der Waals surface area contributed by atoms with Gasteiger partial charge in [-0.3, -0.25) is 14.3 Å². The second-order valence-corrected chi connectivity index (χ2v) is 5.02. The summed E-state index contributed by atoms with van der Waals surface area (Å²) in [6.07, 6.45) is 4.44. The second-order valence-electron chi connectivity index (χ2n) is 5.02. The summed E-state index contributed by atoms with van der Waals surface area (Å²) in [6, 6.07) is -0.150. The largest absolute Gasteiger partial charge is 0.383 e. The summed E-state index contributed by atoms with van der Waals surface area (Å²) in [7, 11) is 3.33. The average molecular weight is 296 g/mol. The number of nitrogens with zero attached hydrogens (tertiary/aromatic N) is 2. The Balaban J connectivity index is 2.56. The molecule has 1 rings (SSSR count). The molecule has 1 aromatic rings. The Morgan fingerprint density at radius 1 is 1.43 bits per heavy atom. The summed E-state index contributed by atoms with van der Waals surface area (Å²) in [6.45, 7) is 4.23. The van der Waals surface area contributed by atoms with Gasteiger partial charge in [0.05, 0.1) is 24.0 Å². The van der Waals surface area contributed by atoms with Gasteiger partial charge in [-0.1, -0.05) is 19.8 Å². The maximum atomic E-state index is 11.9. The molecule has 21 heavy (non-hydrogen) atoms. The monoisotopic (exact) mass is 296 g/mol. The fraction of sp³-hybridized carbons (Fsp3) is 0.643. The quantitative estimate of drug-likeness (QED) is 0.735. The van der Waals surface area contributed by atoms with Crippen LogP contribution in [0.5, 0.6) is 0 Å². The third-order valence-corrected chi connectivity index (χ3v) is 3.08. The Bertz CT molecular complexity index is 485. The van der Waals surface area contributed by atoms with Crippen molar-refractivity contribution < 1.29 is 14.3 Å². The second kappa shape index (κ2) is 8.41. The van der Waals surface area contributed by atoms with Crippen LogP contribution >= 0.6 is 0 Å². The Labute approximate surface area is 125 Å². The van der Waals surface area contributed by atoms with Gasteiger partial charge in [-0.2, -0.15) is 5.10 Å². The van der Waals surface area contributed by atoms with E-state index >= 15 is 0 Å². The number of amides is 2. The zero-order valence-electron chi connectivity index (χ0n) is 13.1. The molecule has 0 spiro atoms. The molecule has 0 unspecified atom stereocenters. The first-order valence-electron chi connectivity index (χ1n) is 7.09. The van der Waals surface area contributed by atoms with Crippen LogP contribution in [0.3, 0.4) is 0 Å². The number of ether oxygens (including phenoxy) is 1. The number of hydrogen-bond donors (Lipinski definition) is 2. The molecular weight excluding hydrogens is 272 g/mol. The molecule has 2 N–H and O–H groups in total. The molecule has 2 amide bonds. The highest BCUT2D eigenvalue weighted by Crippen LogP contribution is 2.11. The SMILES string of the molecule is CCCC[C@@H](COC)NC(=O)C(=O)Nc1cn(C)nc1C. The minimum absolute atomic E-state index is 0.150. The third-order valence-electron chi connectivity index (χ3n) is 3.08. The van der Waals surface area contributed by atoms with Crippen molar-refractivity contribution in [3.8, 4) is 0 Å². The molecule has 0 saturated carbocycles. The van der Waals surface area contributed by atoms with Gasteiger partial charge in [0.1, 0.15) is 0 Å². The number of rotatable bonds is 7. The molecule has 1 atom stereocenters. The summed E-state index contributed by atoms with van der Waals surface area (Å²) in [5.74, 6) is -1.35. The molecule has 0 saturated heterocycles. The van der Waals surface area contributed by atoms with Gasteiger partial charge in [0.15, 0.2) is 0 Å². The van der Waals surface area contributed by atoms with Crippen molar-refractivity contribution in [2.24, 2.45) is 7.05 Å². The molecule has 1 heterocycles. The van der Waals surface area contributed by atoms with Gasteiger partial charge in [0.25, 0.3) is 0 Å². The van der Waals surface area contributed by atoms with Crippen LogP contribution < -0.4 is 10.6 Å². The fourth-order valence-electron chi connectivity index (χ4n) is 2.00. The maximum Gasteiger partial charge on any atom is 0.313 e. The van der Waals surface area contributed by atoms with E-state index in [1.807, 2.05) is 0 Å². The van der Waals surface area contributed by atoms with Crippen LogP contribution in [-0.2, 0) is 21.4 Å². The van der Waals surface area contributed by atoms with Gasteiger partial charge < -0.3 is 15.4 Å². The maximum absolute atomic E-state index is 11.9. The Morgan fingerprint density at radius 2 is 2.14 bits per heavy atom. The van der Waals surface area contributed by atoms with Crippen molar-refractivity contribution in [1.29, 1.82) is 0 Å². The summed E-state index contributed by atoms with van der Waals surface area (Å²) >= 11 is 0. The van der Waals surface area contributed by atoms with Crippen LogP contribution in [0.15, 0.2) is 6.20 Å². The number of hydrogen-bond acceptors (Lipinski definition) is 4. The predicted octanol–water partition coefficient (Wildman–Crippen LogP) is 0.988. The van der Waals surface area contributed by atoms with E-state index in [1.165, 1.54) is 0 Å². The highest BCUT2D eigenvalue weighted by molar-refractivity contribution is 6.39. The lowest BCUT2D eigenvalue weighted by molar-refractivity contribution is -0.136. The predicted molar refractivity (Wildman–Crippen MR) is 79.9 cm³/mol. The van der Waals surface area contributed by atoms with Gasteiger partial charge in [-0.05, 0) is 13.3 Å². The van der Waals surface area contributed by atoms with E-state index in [1.54, 1.807) is 32.0 Å². The summed E-state index contributed by atoms with van der Waals surface area (Å²) in [5.41, 5.74) is 1.20. The topological polar surface area (TPSA) is 85.2 Å². The van der Waals surface area contributed by atoms with Crippen LogP contribution in [0.25, 0.3) is 0 Å². The van der Waals surface area contributed by atoms with E-state index in [-0.39, 0.29) is 6.04 Å². The third kappa shape index (κ3) is 5.55. The number of anilines is 1. The molecule has 0 aliphatic heterocycles. The lowest BCUT2D eigenvalue weighted by Crippen LogP contribution is -2.43. The highest BCUT2D eigenvalue weighted by Gasteiger charge is 2.19. The average Bonchev–Trinajstić information content (AvgIpc) is 2.74. The van der Waals surface area contributed by atoms with Gasteiger partial charge >= 0.3 is 11.8 Å². The Kier molecular flexibility index (Phi) is 6.87. The molecular formula is C14H24N4O3. The number of nitrogens with one attached hydrogen (secondary N) is 2. The van der Waals surface area contributed by atoms with Crippen molar-refractivity contribution in [2.45, 2.75) is 39.2 Å². The van der Waals surface area contributed by atoms with E-state index < -0.39 is 11.8 Å². The molecule has 118 valence electrons. The lowest BCUT2D eigenvalue weighted by atomic mass is 10.1. The number of aryl methyl sites for hydroxylation is 2. The number of aromatic nitrogens is 2. The van der Waals surface area contributed by atoms with Crippen molar-refractivity contribution in [1.82, 2.24) is 15.1 Å². The summed E-state index contributed by atoms with van der Waals surface area (Å²) < 4.78 is 6.64. The number of methoxy groups -OCH3 is 1. The first-order valence-corrected chi connectivity index (χ1v) is 7.09. The molecule has 0 aliphatic carbocycles. The molecule has 7 heteroatoms. The molecule has 7 nitrogen and oxygen atoms in total. The minimum atomic E-state index is -0.691. The first-order chi connectivity index (χ1) is 9.97. The van der Waals surface area contributed by atoms with Gasteiger partial charge in [0.2, 0.25) is 0 Å². The van der Waals surface area contributed by atoms with Crippen LogP contribution in [0.4, 0.5) is 5.69 Å². The van der Waals surface area contributed by atoms with Gasteiger partial charge in [-0.15, -0.1) is 0 Å². The fourth-order valence-corrected chi connectivity index (χ4v) is 2.00. The molecule has 1 aromatic heterocycles. The minimum Gasteiger partial charge on any atom is -0.383 e. The standard InChI is InChI=1S/C14H24N4O3/c1-5-6-7-11(9-21-4)15-13(19)14(20)16-12-8-18(3)17-10(12)2/h8,11H,5-7,9H2,1-4H3,(H,15,19)(H,16,20)/t11-/m0/s1. The summed E-state index contributed by atoms with van der Waals surface area (Å²) in [5, 5.41) is 9.36. The van der Waals surface area contributed by atoms with Gasteiger partial charge in [-0.25, -0.2) is 0 Å². The Hall–Kier alpha value is -1.89. The van der Waals surface area contributed by atoms with E-state index in [0.29, 0.717) is 18.0 Å². The number of carbonyl (C=O) groups is 2. The van der Waals surface area contributed by atoms with E-state index in [9.17, 15) is 9.59 Å². The van der Waals surface area contributed by atoms with Crippen molar-refractivity contribution >= 4 is 17.5 Å². The summed E-state index contributed by atoms with van der Waals surface area (Å²) in [4.78, 5) is 23.8. The number of unbranched alkanes of at least 4 members (excludes halogenated alkanes) is 1. The smallest absolute Gasteiger partial charge is 0.313 e. The molecule has 0 bridgehead atoms. The highest BCUT2D eigenvalue weighted by atomic mass is 16.5. The molecule has 0 fully saturated rings. The van der Waals surface area contributed by atoms with E-state index in [4.69, 9.17) is 4.74 Å². The van der Waals surface area contributed by atoms with Crippen LogP contribution in [0.2, 0.25) is 0 Å². The first kappa shape index (κ1) is 17.2. The van der Waals surface area contributed by atoms with Crippen LogP contribution in [0.1, 0.15) is 31.9 Å².